The van der Waals surface area contributed by atoms with Gasteiger partial charge in [-0.2, -0.15) is 10.2 Å². The number of aryl methyl sites for hydroxylation is 4. The van der Waals surface area contributed by atoms with Crippen molar-refractivity contribution in [2.24, 2.45) is 16.6 Å². The first kappa shape index (κ1) is 47.1. The molecular formula is C54H67N11O3S3. The number of hydrogen-bond donors (Lipinski definition) is 3. The summed E-state index contributed by atoms with van der Waals surface area (Å²) in [6, 6.07) is 2.16. The zero-order chi connectivity index (χ0) is 49.6. The van der Waals surface area contributed by atoms with Gasteiger partial charge in [0.25, 0.3) is 0 Å². The summed E-state index contributed by atoms with van der Waals surface area (Å²) in [5.74, 6) is 1.72. The predicted octanol–water partition coefficient (Wildman–Crippen LogP) is 10.2. The van der Waals surface area contributed by atoms with Crippen LogP contribution in [-0.4, -0.2) is 108 Å². The molecular weight excluding hydrogens is 947 g/mol. The highest BCUT2D eigenvalue weighted by atomic mass is 32.2. The van der Waals surface area contributed by atoms with Crippen molar-refractivity contribution in [1.82, 2.24) is 49.0 Å². The Bertz CT molecular complexity index is 3570. The Kier molecular flexibility index (Phi) is 11.1. The fraction of sp³-hybridized carbons (Fsp3) is 0.537. The molecule has 2 saturated carbocycles. The van der Waals surface area contributed by atoms with Crippen molar-refractivity contribution in [3.8, 4) is 22.5 Å². The minimum absolute atomic E-state index is 0.0953. The van der Waals surface area contributed by atoms with E-state index in [0.717, 1.165) is 92.7 Å². The van der Waals surface area contributed by atoms with Gasteiger partial charge in [0.1, 0.15) is 21.7 Å². The van der Waals surface area contributed by atoms with E-state index in [1.807, 2.05) is 40.3 Å². The van der Waals surface area contributed by atoms with Crippen LogP contribution in [0.2, 0.25) is 0 Å². The molecule has 14 nitrogen and oxygen atoms in total. The number of carbonyl (C=O) groups excluding carboxylic acids is 1. The number of rotatable bonds is 13. The molecule has 12 rings (SSSR count). The lowest BCUT2D eigenvalue weighted by Crippen LogP contribution is -2.40. The summed E-state index contributed by atoms with van der Waals surface area (Å²) < 4.78 is 31.2. The standard InChI is InChI=1S/C54H67N11O3S3/c1-28(2)41-43-33(8)47(37-19-54(20-37)11-13-63(26-54)23-39(55)66)69-51(43)59-45(41)35-16-30(5)49-58-40(61-65(49)21-35)24-71(67,68)15-14-62-12-10-53(25-62)17-36(18-53)48-34(9)44-42(29(3)4)46(60-52(44)70-48)38-22-64-50(56-27-57-64)32(7)31(38)6/h16,21-22,27-29,36-37,59-60H,10-15,17-20,23-26H2,1-9H3,(H2,55,66)/t36-,37-,53+,54-. The molecule has 0 bridgehead atoms. The van der Waals surface area contributed by atoms with Gasteiger partial charge in [0.2, 0.25) is 5.91 Å². The second kappa shape index (κ2) is 16.8. The molecule has 4 fully saturated rings. The van der Waals surface area contributed by atoms with Crippen LogP contribution in [0, 0.1) is 45.4 Å². The van der Waals surface area contributed by atoms with Crippen LogP contribution in [0.4, 0.5) is 0 Å². The summed E-state index contributed by atoms with van der Waals surface area (Å²) >= 11 is 3.83. The number of aromatic nitrogens is 8. The van der Waals surface area contributed by atoms with E-state index in [1.165, 1.54) is 69.3 Å². The molecule has 374 valence electrons. The quantitative estimate of drug-likeness (QED) is 0.102. The Morgan fingerprint density at radius 2 is 1.38 bits per heavy atom. The lowest BCUT2D eigenvalue weighted by atomic mass is 9.60. The van der Waals surface area contributed by atoms with E-state index in [4.69, 9.17) is 15.8 Å². The van der Waals surface area contributed by atoms with Crippen molar-refractivity contribution < 1.29 is 13.2 Å². The van der Waals surface area contributed by atoms with Crippen LogP contribution < -0.4 is 5.73 Å². The summed E-state index contributed by atoms with van der Waals surface area (Å²) in [5, 5.41) is 12.0. The number of pyridine rings is 2. The first-order chi connectivity index (χ1) is 33.8. The fourth-order valence-electron chi connectivity index (χ4n) is 13.9. The van der Waals surface area contributed by atoms with Gasteiger partial charge in [0.05, 0.1) is 23.7 Å². The number of likely N-dealkylation sites (tertiary alicyclic amines) is 2. The van der Waals surface area contributed by atoms with Crippen LogP contribution >= 0.6 is 22.7 Å². The molecule has 0 atom stereocenters. The maximum absolute atomic E-state index is 13.8. The van der Waals surface area contributed by atoms with Gasteiger partial charge < -0.3 is 20.6 Å². The number of aromatic amines is 2. The third kappa shape index (κ3) is 7.81. The molecule has 0 radical (unpaired) electrons. The van der Waals surface area contributed by atoms with Crippen molar-refractivity contribution >= 4 is 70.1 Å². The molecule has 2 aliphatic carbocycles. The Morgan fingerprint density at radius 1 is 0.789 bits per heavy atom. The van der Waals surface area contributed by atoms with Gasteiger partial charge in [-0.1, -0.05) is 27.7 Å². The number of fused-ring (bicyclic) bond motifs is 4. The number of amides is 1. The molecule has 4 aliphatic rings. The van der Waals surface area contributed by atoms with Crippen LogP contribution in [0.25, 0.3) is 54.2 Å². The number of nitrogens with one attached hydrogen (secondary N) is 2. The van der Waals surface area contributed by atoms with E-state index < -0.39 is 9.84 Å². The highest BCUT2D eigenvalue weighted by molar-refractivity contribution is 7.90. The van der Waals surface area contributed by atoms with Crippen LogP contribution in [0.3, 0.4) is 0 Å². The van der Waals surface area contributed by atoms with Crippen molar-refractivity contribution in [2.75, 3.05) is 45.0 Å². The lowest BCUT2D eigenvalue weighted by molar-refractivity contribution is -0.119. The Labute approximate surface area is 423 Å². The molecule has 0 unspecified atom stereocenters. The van der Waals surface area contributed by atoms with E-state index in [0.29, 0.717) is 47.7 Å². The number of carbonyl (C=O) groups is 1. The number of sulfone groups is 1. The van der Waals surface area contributed by atoms with E-state index in [-0.39, 0.29) is 28.7 Å². The van der Waals surface area contributed by atoms with E-state index in [1.54, 1.807) is 10.8 Å². The summed E-state index contributed by atoms with van der Waals surface area (Å²) in [4.78, 5) is 38.6. The molecule has 4 N–H and O–H groups in total. The lowest BCUT2D eigenvalue weighted by Gasteiger charge is -2.45. The first-order valence-corrected chi connectivity index (χ1v) is 29.1. The number of primary amides is 1. The highest BCUT2D eigenvalue weighted by Crippen LogP contribution is 2.60. The number of thiophene rings is 2. The van der Waals surface area contributed by atoms with Gasteiger partial charge in [-0.15, -0.1) is 22.7 Å². The molecule has 8 aromatic heterocycles. The monoisotopic (exact) mass is 1010 g/mol. The van der Waals surface area contributed by atoms with Gasteiger partial charge in [-0.25, -0.2) is 27.4 Å². The molecule has 0 aromatic carbocycles. The van der Waals surface area contributed by atoms with Gasteiger partial charge in [0, 0.05) is 63.7 Å². The predicted molar refractivity (Wildman–Crippen MR) is 286 cm³/mol. The van der Waals surface area contributed by atoms with Crippen molar-refractivity contribution in [3.63, 3.8) is 0 Å². The van der Waals surface area contributed by atoms with E-state index >= 15 is 0 Å². The zero-order valence-electron chi connectivity index (χ0n) is 42.6. The van der Waals surface area contributed by atoms with Crippen LogP contribution in [0.15, 0.2) is 24.8 Å². The third-order valence-electron chi connectivity index (χ3n) is 17.4. The van der Waals surface area contributed by atoms with E-state index in [9.17, 15) is 13.2 Å². The number of nitrogens with two attached hydrogens (primary N) is 1. The molecule has 2 spiro atoms. The SMILES string of the molecule is Cc1c(-c2[nH]c3sc([C@H]4C[C@]5(CCN(CCS(=O)(=O)Cc6nc7c(C)cc(-c8[nH]c9sc([C@H]%10C[C@@]%11(CCN(CC(N)=O)C%11)C%10)c(C)c9c8C(C)C)cn7n6)C5)C4)c(C)c3c2C(C)C)cn2ncnc2c1C. The van der Waals surface area contributed by atoms with Crippen molar-refractivity contribution in [3.05, 3.63) is 79.3 Å². The minimum atomic E-state index is -3.46. The molecule has 1 amide bonds. The van der Waals surface area contributed by atoms with Crippen molar-refractivity contribution in [2.45, 2.75) is 130 Å². The van der Waals surface area contributed by atoms with Crippen LogP contribution in [-0.2, 0) is 20.4 Å². The average molecular weight is 1010 g/mol. The maximum atomic E-state index is 13.8. The van der Waals surface area contributed by atoms with Gasteiger partial charge in [0.15, 0.2) is 27.0 Å². The van der Waals surface area contributed by atoms with Crippen LogP contribution in [0.5, 0.6) is 0 Å². The Morgan fingerprint density at radius 3 is 2.00 bits per heavy atom. The van der Waals surface area contributed by atoms with E-state index in [2.05, 4.69) is 97.5 Å². The first-order valence-electron chi connectivity index (χ1n) is 25.7. The largest absolute Gasteiger partial charge is 0.369 e. The van der Waals surface area contributed by atoms with Crippen LogP contribution in [0.1, 0.15) is 144 Å². The summed E-state index contributed by atoms with van der Waals surface area (Å²) in [6.07, 6.45) is 12.6. The normalized spacial score (nSPS) is 23.1. The van der Waals surface area contributed by atoms with Gasteiger partial charge in [-0.05, 0) is 166 Å². The molecule has 10 heterocycles. The smallest absolute Gasteiger partial charge is 0.231 e. The van der Waals surface area contributed by atoms with Gasteiger partial charge in [-0.3, -0.25) is 9.69 Å². The van der Waals surface area contributed by atoms with Gasteiger partial charge >= 0.3 is 0 Å². The van der Waals surface area contributed by atoms with Crippen molar-refractivity contribution in [1.29, 1.82) is 0 Å². The number of nitrogens with zero attached hydrogens (tertiary/aromatic N) is 8. The second-order valence-corrected chi connectivity index (χ2v) is 27.3. The Balaban J connectivity index is 0.696. The summed E-state index contributed by atoms with van der Waals surface area (Å²) in [7, 11) is -3.46. The second-order valence-electron chi connectivity index (χ2n) is 23.0. The minimum Gasteiger partial charge on any atom is -0.369 e. The number of hydrogen-bond acceptors (Lipinski definition) is 11. The maximum Gasteiger partial charge on any atom is 0.231 e. The Hall–Kier alpha value is -4.94. The third-order valence-corrected chi connectivity index (χ3v) is 21.6. The number of H-pyrrole nitrogens is 2. The fourth-order valence-corrected chi connectivity index (χ4v) is 17.7. The molecule has 2 saturated heterocycles. The topological polar surface area (TPSA) is 176 Å². The highest BCUT2D eigenvalue weighted by Gasteiger charge is 2.51. The average Bonchev–Trinajstić information content (AvgIpc) is 4.15. The molecule has 2 aliphatic heterocycles. The summed E-state index contributed by atoms with van der Waals surface area (Å²) in [5.41, 5.74) is 21.0. The zero-order valence-corrected chi connectivity index (χ0v) is 45.1. The molecule has 8 aromatic rings. The summed E-state index contributed by atoms with van der Waals surface area (Å²) in [6.45, 7) is 24.8. The molecule has 71 heavy (non-hydrogen) atoms. The molecule has 17 heteroatoms.